The molecule has 0 aromatic heterocycles. The molecule has 1 aromatic rings. The first-order valence-corrected chi connectivity index (χ1v) is 5.44. The van der Waals surface area contributed by atoms with Crippen molar-refractivity contribution in [3.8, 4) is 5.75 Å². The van der Waals surface area contributed by atoms with E-state index in [1.165, 1.54) is 6.07 Å². The van der Waals surface area contributed by atoms with E-state index in [2.05, 4.69) is 28.6 Å². The van der Waals surface area contributed by atoms with Crippen LogP contribution < -0.4 is 0 Å². The van der Waals surface area contributed by atoms with Crippen molar-refractivity contribution in [3.05, 3.63) is 28.2 Å². The van der Waals surface area contributed by atoms with Gasteiger partial charge in [-0.05, 0) is 33.6 Å². The molecule has 0 spiro atoms. The van der Waals surface area contributed by atoms with Gasteiger partial charge < -0.3 is 15.3 Å². The molecular weight excluding hydrogens is 268 g/mol. The highest BCUT2D eigenvalue weighted by atomic mass is 79.9. The van der Waals surface area contributed by atoms with Crippen molar-refractivity contribution >= 4 is 28.6 Å². The minimum Gasteiger partial charge on any atom is -0.507 e. The normalized spacial score (nSPS) is 15.1. The third kappa shape index (κ3) is 2.63. The summed E-state index contributed by atoms with van der Waals surface area (Å²) in [6.07, 6.45) is -1.89. The van der Waals surface area contributed by atoms with Crippen LogP contribution in [0.3, 0.4) is 0 Å². The van der Waals surface area contributed by atoms with Crippen molar-refractivity contribution in [2.75, 3.05) is 5.75 Å². The van der Waals surface area contributed by atoms with Crippen LogP contribution in [0.2, 0.25) is 0 Å². The van der Waals surface area contributed by atoms with Gasteiger partial charge in [-0.3, -0.25) is 0 Å². The van der Waals surface area contributed by atoms with E-state index in [0.29, 0.717) is 10.0 Å². The molecule has 5 heteroatoms. The lowest BCUT2D eigenvalue weighted by atomic mass is 10.1. The lowest BCUT2D eigenvalue weighted by molar-refractivity contribution is 0.0337. The maximum absolute atomic E-state index is 9.60. The number of thiol groups is 1. The molecule has 0 heterocycles. The van der Waals surface area contributed by atoms with E-state index in [-0.39, 0.29) is 11.5 Å². The quantitative estimate of drug-likeness (QED) is 0.634. The number of benzene rings is 1. The standard InChI is InChI=1S/C9H11BrO3S/c10-6-3-5(1-2-7(6)11)9(13)8(12)4-14/h1-3,8-9,11-14H,4H2. The van der Waals surface area contributed by atoms with E-state index in [1.54, 1.807) is 12.1 Å². The Balaban J connectivity index is 2.91. The zero-order valence-electron chi connectivity index (χ0n) is 7.26. The van der Waals surface area contributed by atoms with Gasteiger partial charge in [0.25, 0.3) is 0 Å². The van der Waals surface area contributed by atoms with Crippen LogP contribution >= 0.6 is 28.6 Å². The summed E-state index contributed by atoms with van der Waals surface area (Å²) in [5, 5.41) is 28.2. The molecule has 1 aromatic carbocycles. The number of phenols is 1. The van der Waals surface area contributed by atoms with Crippen LogP contribution in [0.15, 0.2) is 22.7 Å². The van der Waals surface area contributed by atoms with Crippen LogP contribution in [0.25, 0.3) is 0 Å². The minimum atomic E-state index is -0.982. The summed E-state index contributed by atoms with van der Waals surface area (Å²) < 4.78 is 0.486. The number of rotatable bonds is 3. The van der Waals surface area contributed by atoms with Crippen LogP contribution in [0.1, 0.15) is 11.7 Å². The fraction of sp³-hybridized carbons (Fsp3) is 0.333. The highest BCUT2D eigenvalue weighted by Crippen LogP contribution is 2.28. The van der Waals surface area contributed by atoms with E-state index in [0.717, 1.165) is 0 Å². The van der Waals surface area contributed by atoms with Crippen LogP contribution in [0.5, 0.6) is 5.75 Å². The van der Waals surface area contributed by atoms with Gasteiger partial charge in [0.15, 0.2) is 0 Å². The molecule has 0 saturated heterocycles. The molecule has 0 aliphatic rings. The molecule has 0 aliphatic heterocycles. The molecule has 3 N–H and O–H groups in total. The van der Waals surface area contributed by atoms with Crippen LogP contribution in [0.4, 0.5) is 0 Å². The third-order valence-corrected chi connectivity index (χ3v) is 2.87. The molecule has 2 atom stereocenters. The Bertz CT molecular complexity index is 319. The maximum Gasteiger partial charge on any atom is 0.129 e. The first-order valence-electron chi connectivity index (χ1n) is 4.01. The highest BCUT2D eigenvalue weighted by Gasteiger charge is 2.17. The summed E-state index contributed by atoms with van der Waals surface area (Å²) in [6, 6.07) is 4.57. The molecule has 1 rings (SSSR count). The van der Waals surface area contributed by atoms with Gasteiger partial charge in [-0.1, -0.05) is 6.07 Å². The second-order valence-corrected chi connectivity index (χ2v) is 4.13. The molecule has 0 amide bonds. The van der Waals surface area contributed by atoms with Crippen molar-refractivity contribution in [2.24, 2.45) is 0 Å². The Kier molecular flexibility index (Phi) is 4.25. The summed E-state index contributed by atoms with van der Waals surface area (Å²) >= 11 is 7.00. The van der Waals surface area contributed by atoms with Gasteiger partial charge in [0.2, 0.25) is 0 Å². The number of halogens is 1. The van der Waals surface area contributed by atoms with Crippen molar-refractivity contribution < 1.29 is 15.3 Å². The van der Waals surface area contributed by atoms with Gasteiger partial charge in [-0.25, -0.2) is 0 Å². The summed E-state index contributed by atoms with van der Waals surface area (Å²) in [4.78, 5) is 0. The Morgan fingerprint density at radius 1 is 1.36 bits per heavy atom. The van der Waals surface area contributed by atoms with Crippen molar-refractivity contribution in [1.82, 2.24) is 0 Å². The molecule has 0 radical (unpaired) electrons. The zero-order chi connectivity index (χ0) is 10.7. The summed E-state index contributed by atoms with van der Waals surface area (Å²) in [6.45, 7) is 0. The molecule has 0 aliphatic carbocycles. The lowest BCUT2D eigenvalue weighted by Gasteiger charge is -2.16. The first kappa shape index (κ1) is 11.8. The monoisotopic (exact) mass is 278 g/mol. The Labute approximate surface area is 95.9 Å². The first-order chi connectivity index (χ1) is 6.56. The minimum absolute atomic E-state index is 0.0984. The molecular formula is C9H11BrO3S. The molecule has 0 fully saturated rings. The average molecular weight is 279 g/mol. The second-order valence-electron chi connectivity index (χ2n) is 2.91. The van der Waals surface area contributed by atoms with Crippen molar-refractivity contribution in [2.45, 2.75) is 12.2 Å². The van der Waals surface area contributed by atoms with Gasteiger partial charge in [0.05, 0.1) is 10.6 Å². The number of aromatic hydroxyl groups is 1. The van der Waals surface area contributed by atoms with Crippen molar-refractivity contribution in [3.63, 3.8) is 0 Å². The number of hydrogen-bond donors (Lipinski definition) is 4. The average Bonchev–Trinajstić information content (AvgIpc) is 2.20. The SMILES string of the molecule is Oc1ccc(C(O)C(O)CS)cc1Br. The summed E-state index contributed by atoms with van der Waals surface area (Å²) in [5.41, 5.74) is 0.538. The fourth-order valence-electron chi connectivity index (χ4n) is 1.03. The van der Waals surface area contributed by atoms with Gasteiger partial charge in [0, 0.05) is 5.75 Å². The van der Waals surface area contributed by atoms with Gasteiger partial charge in [-0.2, -0.15) is 12.6 Å². The maximum atomic E-state index is 9.60. The molecule has 78 valence electrons. The highest BCUT2D eigenvalue weighted by molar-refractivity contribution is 9.10. The van der Waals surface area contributed by atoms with Crippen molar-refractivity contribution in [1.29, 1.82) is 0 Å². The van der Waals surface area contributed by atoms with E-state index in [9.17, 15) is 15.3 Å². The van der Waals surface area contributed by atoms with E-state index in [1.807, 2.05) is 0 Å². The van der Waals surface area contributed by atoms with Gasteiger partial charge in [0.1, 0.15) is 11.9 Å². The molecule has 14 heavy (non-hydrogen) atoms. The van der Waals surface area contributed by atoms with Gasteiger partial charge in [-0.15, -0.1) is 0 Å². The predicted molar refractivity (Wildman–Crippen MR) is 60.6 cm³/mol. The molecule has 0 saturated carbocycles. The number of hydrogen-bond acceptors (Lipinski definition) is 4. The Morgan fingerprint density at radius 3 is 2.50 bits per heavy atom. The van der Waals surface area contributed by atoms with E-state index < -0.39 is 12.2 Å². The van der Waals surface area contributed by atoms with Crippen LogP contribution in [-0.4, -0.2) is 27.2 Å². The zero-order valence-corrected chi connectivity index (χ0v) is 9.74. The Morgan fingerprint density at radius 2 is 2.00 bits per heavy atom. The number of aliphatic hydroxyl groups is 2. The Hall–Kier alpha value is -0.230. The summed E-state index contributed by atoms with van der Waals surface area (Å²) in [7, 11) is 0. The third-order valence-electron chi connectivity index (χ3n) is 1.86. The van der Waals surface area contributed by atoms with E-state index in [4.69, 9.17) is 0 Å². The van der Waals surface area contributed by atoms with Crippen LogP contribution in [-0.2, 0) is 0 Å². The van der Waals surface area contributed by atoms with Gasteiger partial charge >= 0.3 is 0 Å². The topological polar surface area (TPSA) is 60.7 Å². The van der Waals surface area contributed by atoms with Crippen LogP contribution in [0, 0.1) is 0 Å². The fourth-order valence-corrected chi connectivity index (χ4v) is 1.63. The largest absolute Gasteiger partial charge is 0.507 e. The molecule has 0 bridgehead atoms. The predicted octanol–water partition coefficient (Wildman–Crippen LogP) is 1.48. The molecule has 2 unspecified atom stereocenters. The van der Waals surface area contributed by atoms with E-state index >= 15 is 0 Å². The number of aliphatic hydroxyl groups excluding tert-OH is 2. The molecule has 3 nitrogen and oxygen atoms in total. The summed E-state index contributed by atoms with van der Waals surface area (Å²) in [5.74, 6) is 0.279. The smallest absolute Gasteiger partial charge is 0.129 e. The number of phenolic OH excluding ortho intramolecular Hbond substituents is 1. The lowest BCUT2D eigenvalue weighted by Crippen LogP contribution is -2.19. The second kappa shape index (κ2) is 5.02.